The topological polar surface area (TPSA) is 88.7 Å². The fraction of sp³-hybridized carbons (Fsp3) is 0.846. The van der Waals surface area contributed by atoms with E-state index in [1.165, 1.54) is 7.11 Å². The Labute approximate surface area is 120 Å². The maximum absolute atomic E-state index is 12.0. The summed E-state index contributed by atoms with van der Waals surface area (Å²) in [7, 11) is 1.49. The minimum atomic E-state index is -0.620. The van der Waals surface area contributed by atoms with Crippen LogP contribution in [0.25, 0.3) is 0 Å². The highest BCUT2D eigenvalue weighted by atomic mass is 16.6. The number of amides is 2. The zero-order valence-corrected chi connectivity index (χ0v) is 13.2. The second kappa shape index (κ2) is 8.76. The first kappa shape index (κ1) is 18.7. The summed E-state index contributed by atoms with van der Waals surface area (Å²) < 4.78 is 9.89. The van der Waals surface area contributed by atoms with Crippen molar-refractivity contribution in [3.05, 3.63) is 0 Å². The highest BCUT2D eigenvalue weighted by Crippen LogP contribution is 2.08. The first-order valence-corrected chi connectivity index (χ1v) is 6.72. The predicted molar refractivity (Wildman–Crippen MR) is 75.8 cm³/mol. The fourth-order valence-electron chi connectivity index (χ4n) is 1.40. The Kier molecular flexibility index (Phi) is 8.17. The molecule has 0 fully saturated rings. The maximum atomic E-state index is 12.0. The second-order valence-electron chi connectivity index (χ2n) is 5.61. The number of hydrazine groups is 1. The average Bonchev–Trinajstić information content (AvgIpc) is 2.33. The van der Waals surface area contributed by atoms with Gasteiger partial charge < -0.3 is 14.8 Å². The van der Waals surface area contributed by atoms with Crippen LogP contribution in [0.15, 0.2) is 0 Å². The fourth-order valence-corrected chi connectivity index (χ4v) is 1.40. The summed E-state index contributed by atoms with van der Waals surface area (Å²) >= 11 is 0. The molecule has 0 aromatic heterocycles. The van der Waals surface area contributed by atoms with E-state index >= 15 is 0 Å². The van der Waals surface area contributed by atoms with Gasteiger partial charge in [0.15, 0.2) is 0 Å². The van der Waals surface area contributed by atoms with Gasteiger partial charge in [0.2, 0.25) is 5.91 Å². The van der Waals surface area contributed by atoms with Crippen LogP contribution in [0, 0.1) is 5.92 Å². The Bertz CT molecular complexity index is 315. The first-order chi connectivity index (χ1) is 9.21. The van der Waals surface area contributed by atoms with Crippen LogP contribution in [0.2, 0.25) is 0 Å². The van der Waals surface area contributed by atoms with Crippen LogP contribution in [0.1, 0.15) is 41.0 Å². The van der Waals surface area contributed by atoms with Gasteiger partial charge in [-0.2, -0.15) is 0 Å². The van der Waals surface area contributed by atoms with Crippen LogP contribution >= 0.6 is 0 Å². The number of hydrogen-bond acceptors (Lipinski definition) is 5. The molecular formula is C13H27N3O4. The third kappa shape index (κ3) is 7.96. The van der Waals surface area contributed by atoms with Crippen LogP contribution in [0.3, 0.4) is 0 Å². The molecule has 0 bridgehead atoms. The van der Waals surface area contributed by atoms with Crippen LogP contribution < -0.4 is 16.2 Å². The van der Waals surface area contributed by atoms with Gasteiger partial charge in [0.25, 0.3) is 0 Å². The number of rotatable bonds is 7. The van der Waals surface area contributed by atoms with E-state index in [4.69, 9.17) is 9.47 Å². The summed E-state index contributed by atoms with van der Waals surface area (Å²) in [6, 6.07) is -0.553. The standard InChI is InChI=1S/C13H27N3O4/c1-7-9(2)10(11(17)14-8-19-6)15-16-12(18)20-13(3,4)5/h9-10,15H,7-8H2,1-6H3,(H,14,17)(H,16,18)/t9-,10-/m0/s1. The number of methoxy groups -OCH3 is 1. The lowest BCUT2D eigenvalue weighted by Crippen LogP contribution is -2.55. The summed E-state index contributed by atoms with van der Waals surface area (Å²) in [6.45, 7) is 9.31. The second-order valence-corrected chi connectivity index (χ2v) is 5.61. The van der Waals surface area contributed by atoms with Gasteiger partial charge in [-0.15, -0.1) is 0 Å². The molecule has 7 nitrogen and oxygen atoms in total. The number of carbonyl (C=O) groups is 2. The van der Waals surface area contributed by atoms with Crippen molar-refractivity contribution in [2.24, 2.45) is 5.92 Å². The molecule has 0 saturated carbocycles. The molecule has 7 heteroatoms. The molecule has 0 unspecified atom stereocenters. The lowest BCUT2D eigenvalue weighted by atomic mass is 9.99. The van der Waals surface area contributed by atoms with Gasteiger partial charge in [0, 0.05) is 7.11 Å². The van der Waals surface area contributed by atoms with E-state index in [9.17, 15) is 9.59 Å². The van der Waals surface area contributed by atoms with Crippen molar-refractivity contribution in [2.75, 3.05) is 13.8 Å². The Morgan fingerprint density at radius 1 is 1.25 bits per heavy atom. The summed E-state index contributed by atoms with van der Waals surface area (Å²) in [6.07, 6.45) is 0.166. The molecule has 118 valence electrons. The molecule has 3 N–H and O–H groups in total. The average molecular weight is 289 g/mol. The maximum Gasteiger partial charge on any atom is 0.422 e. The van der Waals surface area contributed by atoms with E-state index in [-0.39, 0.29) is 18.6 Å². The van der Waals surface area contributed by atoms with Gasteiger partial charge in [0.05, 0.1) is 0 Å². The largest absolute Gasteiger partial charge is 0.443 e. The van der Waals surface area contributed by atoms with Crippen LogP contribution in [0.4, 0.5) is 4.79 Å². The van der Waals surface area contributed by atoms with E-state index in [1.54, 1.807) is 20.8 Å². The number of ether oxygens (including phenoxy) is 2. The van der Waals surface area contributed by atoms with E-state index in [2.05, 4.69) is 16.2 Å². The van der Waals surface area contributed by atoms with Crippen molar-refractivity contribution in [1.82, 2.24) is 16.2 Å². The Morgan fingerprint density at radius 2 is 1.85 bits per heavy atom. The summed E-state index contributed by atoms with van der Waals surface area (Å²) in [5, 5.41) is 2.60. The molecular weight excluding hydrogens is 262 g/mol. The molecule has 0 aromatic rings. The molecule has 0 saturated heterocycles. The van der Waals surface area contributed by atoms with Crippen molar-refractivity contribution < 1.29 is 19.1 Å². The molecule has 0 aliphatic carbocycles. The molecule has 2 amide bonds. The van der Waals surface area contributed by atoms with Crippen molar-refractivity contribution >= 4 is 12.0 Å². The molecule has 0 aromatic carbocycles. The Hall–Kier alpha value is -1.34. The van der Waals surface area contributed by atoms with Gasteiger partial charge in [-0.05, 0) is 26.7 Å². The molecule has 0 heterocycles. The molecule has 0 rings (SSSR count). The number of hydrogen-bond donors (Lipinski definition) is 3. The van der Waals surface area contributed by atoms with Gasteiger partial charge in [-0.1, -0.05) is 20.3 Å². The number of nitrogens with one attached hydrogen (secondary N) is 3. The first-order valence-electron chi connectivity index (χ1n) is 6.72. The normalized spacial score (nSPS) is 14.3. The minimum absolute atomic E-state index is 0.0433. The predicted octanol–water partition coefficient (Wildman–Crippen LogP) is 1.15. The smallest absolute Gasteiger partial charge is 0.422 e. The lowest BCUT2D eigenvalue weighted by molar-refractivity contribution is -0.126. The monoisotopic (exact) mass is 289 g/mol. The van der Waals surface area contributed by atoms with Crippen LogP contribution in [-0.2, 0) is 14.3 Å². The van der Waals surface area contributed by atoms with Gasteiger partial charge >= 0.3 is 6.09 Å². The lowest BCUT2D eigenvalue weighted by Gasteiger charge is -2.25. The Morgan fingerprint density at radius 3 is 2.30 bits per heavy atom. The SMILES string of the molecule is CC[C@H](C)[C@H](NNC(=O)OC(C)(C)C)C(=O)NCOC. The highest BCUT2D eigenvalue weighted by Gasteiger charge is 2.25. The third-order valence-electron chi connectivity index (χ3n) is 2.61. The van der Waals surface area contributed by atoms with Gasteiger partial charge in [0.1, 0.15) is 18.4 Å². The van der Waals surface area contributed by atoms with E-state index < -0.39 is 17.7 Å². The zero-order valence-electron chi connectivity index (χ0n) is 13.2. The third-order valence-corrected chi connectivity index (χ3v) is 2.61. The van der Waals surface area contributed by atoms with Crippen LogP contribution in [-0.4, -0.2) is 37.5 Å². The van der Waals surface area contributed by atoms with E-state index in [0.717, 1.165) is 6.42 Å². The van der Waals surface area contributed by atoms with Gasteiger partial charge in [-0.3, -0.25) is 10.2 Å². The zero-order chi connectivity index (χ0) is 15.8. The quantitative estimate of drug-likeness (QED) is 0.483. The summed E-state index contributed by atoms with van der Waals surface area (Å²) in [4.78, 5) is 23.5. The number of carbonyl (C=O) groups excluding carboxylic acids is 2. The molecule has 0 aliphatic heterocycles. The van der Waals surface area contributed by atoms with Gasteiger partial charge in [-0.25, -0.2) is 10.2 Å². The Balaban J connectivity index is 4.44. The highest BCUT2D eigenvalue weighted by molar-refractivity contribution is 5.82. The van der Waals surface area contributed by atoms with Crippen molar-refractivity contribution in [2.45, 2.75) is 52.7 Å². The minimum Gasteiger partial charge on any atom is -0.443 e. The van der Waals surface area contributed by atoms with E-state index in [0.29, 0.717) is 0 Å². The molecule has 2 atom stereocenters. The molecule has 0 spiro atoms. The summed E-state index contributed by atoms with van der Waals surface area (Å²) in [5.74, 6) is -0.195. The molecule has 0 radical (unpaired) electrons. The molecule has 0 aliphatic rings. The summed E-state index contributed by atoms with van der Waals surface area (Å²) in [5.41, 5.74) is 4.52. The van der Waals surface area contributed by atoms with Crippen molar-refractivity contribution in [3.8, 4) is 0 Å². The molecule has 20 heavy (non-hydrogen) atoms. The van der Waals surface area contributed by atoms with E-state index in [1.807, 2.05) is 13.8 Å². The van der Waals surface area contributed by atoms with Crippen LogP contribution in [0.5, 0.6) is 0 Å². The van der Waals surface area contributed by atoms with Crippen molar-refractivity contribution in [3.63, 3.8) is 0 Å². The van der Waals surface area contributed by atoms with Crippen molar-refractivity contribution in [1.29, 1.82) is 0 Å².